The number of nitro benzene ring substituents is 1. The van der Waals surface area contributed by atoms with E-state index in [1.54, 1.807) is 14.2 Å². The number of epoxide rings is 4. The number of ether oxygens (including phenoxy) is 9. The predicted molar refractivity (Wildman–Crippen MR) is 319 cm³/mol. The van der Waals surface area contributed by atoms with E-state index in [4.69, 9.17) is 42.6 Å². The van der Waals surface area contributed by atoms with E-state index in [-0.39, 0.29) is 108 Å². The van der Waals surface area contributed by atoms with Crippen LogP contribution in [0.4, 0.5) is 10.5 Å². The summed E-state index contributed by atoms with van der Waals surface area (Å²) >= 11 is 0. The lowest BCUT2D eigenvalue weighted by atomic mass is 9.68. The van der Waals surface area contributed by atoms with Gasteiger partial charge in [0, 0.05) is 45.4 Å². The summed E-state index contributed by atoms with van der Waals surface area (Å²) in [7, 11) is 11.4. The molecule has 20 heteroatoms. The summed E-state index contributed by atoms with van der Waals surface area (Å²) in [4.78, 5) is 64.3. The third-order valence-corrected chi connectivity index (χ3v) is 17.2. The molecule has 2 saturated carbocycles. The smallest absolute Gasteiger partial charge is 0.460 e. The van der Waals surface area contributed by atoms with Crippen molar-refractivity contribution in [1.82, 2.24) is 20.4 Å². The van der Waals surface area contributed by atoms with Gasteiger partial charge in [0.1, 0.15) is 58.7 Å². The predicted octanol–water partition coefficient (Wildman–Crippen LogP) is 9.36. The van der Waals surface area contributed by atoms with Crippen LogP contribution in [0.2, 0.25) is 0 Å². The second kappa shape index (κ2) is 31.2. The van der Waals surface area contributed by atoms with E-state index in [1.807, 2.05) is 49.0 Å². The van der Waals surface area contributed by atoms with Crippen LogP contribution in [0.25, 0.3) is 0 Å². The molecule has 0 radical (unpaired) electrons. The van der Waals surface area contributed by atoms with Gasteiger partial charge in [-0.2, -0.15) is 0 Å². The zero-order valence-corrected chi connectivity index (χ0v) is 52.4. The van der Waals surface area contributed by atoms with Crippen LogP contribution in [0, 0.1) is 51.5 Å². The van der Waals surface area contributed by atoms with Crippen molar-refractivity contribution in [2.75, 3.05) is 81.8 Å². The molecule has 20 nitrogen and oxygen atoms in total. The van der Waals surface area contributed by atoms with Gasteiger partial charge in [0.25, 0.3) is 5.69 Å². The first-order chi connectivity index (χ1) is 38.6. The molecule has 14 atom stereocenters. The molecule has 2 unspecified atom stereocenters. The number of esters is 1. The van der Waals surface area contributed by atoms with Gasteiger partial charge >= 0.3 is 12.1 Å². The van der Waals surface area contributed by atoms with Crippen LogP contribution < -0.4 is 15.4 Å². The highest BCUT2D eigenvalue weighted by molar-refractivity contribution is 5.84. The number of methoxy groups -OCH3 is 2. The lowest BCUT2D eigenvalue weighted by Gasteiger charge is -2.42. The number of allylic oxidation sites excluding steroid dienone is 2. The van der Waals surface area contributed by atoms with E-state index in [0.29, 0.717) is 44.4 Å². The fourth-order valence-electron chi connectivity index (χ4n) is 11.7. The maximum Gasteiger partial charge on any atom is 0.514 e. The number of amides is 2. The zero-order valence-electron chi connectivity index (χ0n) is 52.4. The molecule has 6 aliphatic rings. The molecule has 2 aliphatic carbocycles. The van der Waals surface area contributed by atoms with Gasteiger partial charge in [0.05, 0.1) is 48.4 Å². The molecular formula is C63H105N5O15. The summed E-state index contributed by atoms with van der Waals surface area (Å²) in [6.07, 6.45) is 9.54. The Morgan fingerprint density at radius 3 is 1.71 bits per heavy atom. The topological polar surface area (TPSA) is 238 Å². The molecule has 83 heavy (non-hydrogen) atoms. The zero-order chi connectivity index (χ0) is 60.9. The number of carbonyl (C=O) groups is 4. The summed E-state index contributed by atoms with van der Waals surface area (Å²) in [5.41, 5.74) is -0.240. The molecule has 0 bridgehead atoms. The van der Waals surface area contributed by atoms with Crippen LogP contribution in [-0.4, -0.2) is 179 Å². The molecule has 6 fully saturated rings. The highest BCUT2D eigenvalue weighted by atomic mass is 16.7. The van der Waals surface area contributed by atoms with Crippen LogP contribution in [0.1, 0.15) is 135 Å². The highest BCUT2D eigenvalue weighted by Gasteiger charge is 2.73. The Kier molecular flexibility index (Phi) is 26.7. The molecule has 0 aromatic heterocycles. The second-order valence-corrected chi connectivity index (χ2v) is 25.6. The van der Waals surface area contributed by atoms with Crippen molar-refractivity contribution in [3.8, 4) is 5.75 Å². The van der Waals surface area contributed by atoms with E-state index in [2.05, 4.69) is 94.1 Å². The summed E-state index contributed by atoms with van der Waals surface area (Å²) in [5.74, 6) is 0.359. The Morgan fingerprint density at radius 1 is 0.759 bits per heavy atom. The number of nitrogens with one attached hydrogen (secondary N) is 2. The van der Waals surface area contributed by atoms with Crippen molar-refractivity contribution in [3.63, 3.8) is 0 Å². The lowest BCUT2D eigenvalue weighted by molar-refractivity contribution is -0.384. The van der Waals surface area contributed by atoms with E-state index >= 15 is 0 Å². The molecule has 4 saturated heterocycles. The van der Waals surface area contributed by atoms with E-state index in [9.17, 15) is 29.3 Å². The molecule has 2 N–H and O–H groups in total. The third kappa shape index (κ3) is 19.7. The summed E-state index contributed by atoms with van der Waals surface area (Å²) in [6.45, 7) is 27.3. The van der Waals surface area contributed by atoms with Crippen LogP contribution in [0.3, 0.4) is 0 Å². The lowest BCUT2D eigenvalue weighted by Crippen LogP contribution is -2.55. The van der Waals surface area contributed by atoms with Gasteiger partial charge in [-0.3, -0.25) is 24.5 Å². The maximum absolute atomic E-state index is 13.1. The number of nitro groups is 1. The Labute approximate surface area is 496 Å². The highest BCUT2D eigenvalue weighted by Crippen LogP contribution is 2.61. The molecule has 4 heterocycles. The third-order valence-electron chi connectivity index (χ3n) is 17.2. The average Bonchev–Trinajstić information content (AvgIpc) is 2.06. The Hall–Kier alpha value is -4.54. The minimum absolute atomic E-state index is 0. The number of carbonyl (C=O) groups excluding carboxylic acids is 4. The van der Waals surface area contributed by atoms with Gasteiger partial charge in [0.2, 0.25) is 11.8 Å². The first-order valence-corrected chi connectivity index (χ1v) is 29.7. The van der Waals surface area contributed by atoms with Gasteiger partial charge in [-0.15, -0.1) is 0 Å². The normalized spacial score (nSPS) is 30.8. The van der Waals surface area contributed by atoms with Crippen molar-refractivity contribution >= 4 is 29.6 Å². The molecule has 1 aromatic carbocycles. The Balaban J connectivity index is 0.000000290. The van der Waals surface area contributed by atoms with Gasteiger partial charge in [-0.25, -0.2) is 4.79 Å². The fraction of sp³-hybridized carbons (Fsp3) is 0.778. The molecule has 1 aromatic rings. The SMILES string of the molecule is C.CC(C)[C@H](C)C(=O)NCCCN(C)C.CO[C@H]1C([C@]2(C)O[C@@H]2/C=C/C(C)C)[C@]2(CC[C@H]1OC(=O)Oc1ccc([N+](=O)[O-])cc1)CO2.CO[C@H]1C([C@]2(C)O[C@@H]2CC=C(C)C)[C@]2(CC[C@H]1OC(=O)C[C@@H](C(=O)NCCCN(C)C)C(C)C)CO2. The van der Waals surface area contributed by atoms with E-state index < -0.39 is 34.8 Å². The monoisotopic (exact) mass is 1170 g/mol. The van der Waals surface area contributed by atoms with Crippen molar-refractivity contribution in [2.24, 2.45) is 41.4 Å². The van der Waals surface area contributed by atoms with Crippen molar-refractivity contribution in [3.05, 3.63) is 58.2 Å². The molecule has 2 spiro atoms. The number of benzene rings is 1. The van der Waals surface area contributed by atoms with Crippen molar-refractivity contribution in [1.29, 1.82) is 0 Å². The maximum atomic E-state index is 13.1. The average molecular weight is 1170 g/mol. The summed E-state index contributed by atoms with van der Waals surface area (Å²) in [5, 5.41) is 16.7. The van der Waals surface area contributed by atoms with Crippen molar-refractivity contribution in [2.45, 2.75) is 194 Å². The Bertz CT molecular complexity index is 2310. The molecular weight excluding hydrogens is 1070 g/mol. The van der Waals surface area contributed by atoms with Crippen molar-refractivity contribution < 1.29 is 66.7 Å². The van der Waals surface area contributed by atoms with E-state index in [1.165, 1.54) is 29.8 Å². The van der Waals surface area contributed by atoms with Crippen LogP contribution in [-0.2, 0) is 52.3 Å². The Morgan fingerprint density at radius 2 is 1.27 bits per heavy atom. The minimum Gasteiger partial charge on any atom is -0.460 e. The largest absolute Gasteiger partial charge is 0.514 e. The van der Waals surface area contributed by atoms with Gasteiger partial charge in [0.15, 0.2) is 0 Å². The van der Waals surface area contributed by atoms with Crippen LogP contribution in [0.5, 0.6) is 5.75 Å². The molecule has 2 amide bonds. The first kappa shape index (κ1) is 70.9. The second-order valence-electron chi connectivity index (χ2n) is 25.6. The number of rotatable bonds is 26. The molecule has 472 valence electrons. The minimum atomic E-state index is -0.879. The summed E-state index contributed by atoms with van der Waals surface area (Å²) < 4.78 is 52.9. The first-order valence-electron chi connectivity index (χ1n) is 29.7. The quantitative estimate of drug-likeness (QED) is 0.0167. The van der Waals surface area contributed by atoms with Crippen LogP contribution >= 0.6 is 0 Å². The fourth-order valence-corrected chi connectivity index (χ4v) is 11.7. The summed E-state index contributed by atoms with van der Waals surface area (Å²) in [6, 6.07) is 5.24. The number of non-ortho nitro benzene ring substituents is 1. The van der Waals surface area contributed by atoms with Gasteiger partial charge in [-0.05, 0) is 144 Å². The number of nitrogens with zero attached hydrogens (tertiary/aromatic N) is 3. The van der Waals surface area contributed by atoms with Gasteiger partial charge < -0.3 is 63.1 Å². The molecule has 4 aliphatic heterocycles. The molecule has 7 rings (SSSR count). The number of hydrogen-bond acceptors (Lipinski definition) is 17. The number of hydrogen-bond donors (Lipinski definition) is 2. The van der Waals surface area contributed by atoms with E-state index in [0.717, 1.165) is 51.7 Å². The standard InChI is InChI=1S/C28H48N2O6.C23H29NO8.C11H24N2O.CH4/c1-18(2)10-11-22-27(5,36-22)25-24(33-8)21(12-13-28(25)17-34-28)35-23(31)16-20(19(3)4)26(32)29-14-9-15-30(6)7;1-14(2)5-10-18-22(3,32-18)20-19(28-4)17(11-12-23(20)13-29-23)31-21(25)30-16-8-6-15(7-9-16)24(26)27;1-9(2)10(3)11(14)12-7-6-8-13(4)5;/h10,19-22,24-25H,9,11-17H2,1-8H3,(H,29,32);5-10,14,17-20H,11-13H2,1-4H3;9-10H,6-8H2,1-5H3,(H,12,14);1H4/b;10-5+;;/t20-,21-,22-,24-,25?,27-,28+;17-,18-,19-,20?,22-,23+;10-;/m110./s1. The van der Waals surface area contributed by atoms with Crippen LogP contribution in [0.15, 0.2) is 48.1 Å². The van der Waals surface area contributed by atoms with Gasteiger partial charge in [-0.1, -0.05) is 79.7 Å².